The number of nitrogens with zero attached hydrogens (tertiary/aromatic N) is 3. The normalized spacial score (nSPS) is 22.3. The van der Waals surface area contributed by atoms with Crippen molar-refractivity contribution in [2.24, 2.45) is 5.92 Å². The molecular weight excluding hydrogens is 430 g/mol. The van der Waals surface area contributed by atoms with Crippen molar-refractivity contribution in [2.75, 3.05) is 0 Å². The second-order valence-corrected chi connectivity index (χ2v) is 10.2. The van der Waals surface area contributed by atoms with Crippen LogP contribution in [0, 0.1) is 5.92 Å². The van der Waals surface area contributed by atoms with Crippen molar-refractivity contribution in [1.29, 1.82) is 0 Å². The Labute approximate surface area is 208 Å². The summed E-state index contributed by atoms with van der Waals surface area (Å²) in [5, 5.41) is 3.63. The summed E-state index contributed by atoms with van der Waals surface area (Å²) in [7, 11) is 0. The van der Waals surface area contributed by atoms with Gasteiger partial charge >= 0.3 is 0 Å². The van der Waals surface area contributed by atoms with Crippen LogP contribution in [-0.2, 0) is 19.5 Å². The number of nitrogens with one attached hydrogen (secondary N) is 2. The number of hydrogen-bond donors (Lipinski definition) is 2. The highest BCUT2D eigenvalue weighted by molar-refractivity contribution is 5.28. The Bertz CT molecular complexity index is 1160. The number of imidazole rings is 1. The number of rotatable bonds is 9. The van der Waals surface area contributed by atoms with Crippen LogP contribution in [0.3, 0.4) is 0 Å². The fourth-order valence-electron chi connectivity index (χ4n) is 5.71. The molecule has 3 unspecified atom stereocenters. The first-order chi connectivity index (χ1) is 17.3. The molecule has 180 valence electrons. The molecule has 3 aliphatic rings. The third-order valence-corrected chi connectivity index (χ3v) is 7.70. The van der Waals surface area contributed by atoms with E-state index in [2.05, 4.69) is 75.9 Å². The Morgan fingerprint density at radius 2 is 1.89 bits per heavy atom. The van der Waals surface area contributed by atoms with E-state index >= 15 is 0 Å². The Morgan fingerprint density at radius 3 is 2.66 bits per heavy atom. The van der Waals surface area contributed by atoms with Gasteiger partial charge in [-0.15, -0.1) is 0 Å². The van der Waals surface area contributed by atoms with Crippen molar-refractivity contribution in [3.05, 3.63) is 108 Å². The molecule has 0 bridgehead atoms. The molecule has 0 saturated heterocycles. The molecule has 35 heavy (non-hydrogen) atoms. The fourth-order valence-corrected chi connectivity index (χ4v) is 5.71. The van der Waals surface area contributed by atoms with Crippen molar-refractivity contribution in [3.8, 4) is 0 Å². The van der Waals surface area contributed by atoms with Crippen molar-refractivity contribution in [3.63, 3.8) is 0 Å². The molecule has 2 heterocycles. The number of aryl methyl sites for hydroxylation is 1. The van der Waals surface area contributed by atoms with Gasteiger partial charge in [0, 0.05) is 43.6 Å². The van der Waals surface area contributed by atoms with E-state index in [1.54, 1.807) is 0 Å². The lowest BCUT2D eigenvalue weighted by Gasteiger charge is -2.42. The van der Waals surface area contributed by atoms with E-state index in [0.29, 0.717) is 5.92 Å². The van der Waals surface area contributed by atoms with Crippen molar-refractivity contribution in [1.82, 2.24) is 25.2 Å². The fraction of sp³-hybridized carbons (Fsp3) is 0.400. The second kappa shape index (κ2) is 10.3. The molecule has 0 amide bonds. The van der Waals surface area contributed by atoms with Crippen LogP contribution in [0.2, 0.25) is 0 Å². The van der Waals surface area contributed by atoms with E-state index in [0.717, 1.165) is 44.2 Å². The van der Waals surface area contributed by atoms with Crippen LogP contribution in [0.5, 0.6) is 0 Å². The molecule has 3 aromatic rings. The summed E-state index contributed by atoms with van der Waals surface area (Å²) in [5.74, 6) is 1.41. The summed E-state index contributed by atoms with van der Waals surface area (Å²) in [6, 6.07) is 14.7. The molecule has 5 heteroatoms. The number of fused-ring (bicyclic) bond motifs is 1. The molecule has 3 atom stereocenters. The minimum absolute atomic E-state index is 0.153. The van der Waals surface area contributed by atoms with Gasteiger partial charge in [-0.3, -0.25) is 9.88 Å². The molecule has 1 saturated carbocycles. The van der Waals surface area contributed by atoms with Gasteiger partial charge in [-0.05, 0) is 61.3 Å². The number of aromatic amines is 1. The smallest absolute Gasteiger partial charge is 0.124 e. The summed E-state index contributed by atoms with van der Waals surface area (Å²) in [6.07, 6.45) is 21.9. The number of hydrogen-bond acceptors (Lipinski definition) is 4. The predicted molar refractivity (Wildman–Crippen MR) is 139 cm³/mol. The van der Waals surface area contributed by atoms with Gasteiger partial charge in [-0.25, -0.2) is 4.98 Å². The maximum atomic E-state index is 4.92. The van der Waals surface area contributed by atoms with Gasteiger partial charge in [-0.2, -0.15) is 0 Å². The lowest BCUT2D eigenvalue weighted by atomic mass is 9.85. The molecule has 1 fully saturated rings. The van der Waals surface area contributed by atoms with E-state index in [1.165, 1.54) is 41.6 Å². The highest BCUT2D eigenvalue weighted by Crippen LogP contribution is 2.42. The van der Waals surface area contributed by atoms with Crippen LogP contribution in [-0.4, -0.2) is 25.9 Å². The Hall–Kier alpha value is -3.02. The van der Waals surface area contributed by atoms with E-state index < -0.39 is 0 Å². The molecule has 0 spiro atoms. The number of aromatic nitrogens is 3. The van der Waals surface area contributed by atoms with Crippen LogP contribution in [0.4, 0.5) is 0 Å². The van der Waals surface area contributed by atoms with Crippen LogP contribution < -0.4 is 5.32 Å². The van der Waals surface area contributed by atoms with Gasteiger partial charge < -0.3 is 10.3 Å². The van der Waals surface area contributed by atoms with Crippen LogP contribution in [0.15, 0.2) is 79.3 Å². The zero-order valence-corrected chi connectivity index (χ0v) is 20.3. The van der Waals surface area contributed by atoms with Crippen LogP contribution in [0.1, 0.15) is 72.4 Å². The summed E-state index contributed by atoms with van der Waals surface area (Å²) in [6.45, 7) is 1.83. The van der Waals surface area contributed by atoms with Crippen LogP contribution >= 0.6 is 0 Å². The molecule has 0 aliphatic heterocycles. The van der Waals surface area contributed by atoms with Crippen molar-refractivity contribution in [2.45, 2.75) is 69.7 Å². The van der Waals surface area contributed by atoms with E-state index in [-0.39, 0.29) is 12.1 Å². The molecule has 2 aromatic heterocycles. The standard InChI is InChI=1S/C30H35N5/c1-2-6-25(7-3-1)29(30-32-18-19-33-30)35(27-10-4-8-24-9-5-17-31-28(24)27)21-23-13-11-22(12-14-23)20-34-26-15-16-26/h1-3,5-6,9,11-14,17-19,25-27,29,34H,4,7-8,10,15-16,20-21H2,(H,32,33). The Kier molecular flexibility index (Phi) is 6.61. The van der Waals surface area contributed by atoms with Gasteiger partial charge in [0.2, 0.25) is 0 Å². The van der Waals surface area contributed by atoms with E-state index in [4.69, 9.17) is 9.97 Å². The Balaban J connectivity index is 1.34. The second-order valence-electron chi connectivity index (χ2n) is 10.2. The first-order valence-electron chi connectivity index (χ1n) is 13.2. The molecule has 3 aliphatic carbocycles. The number of pyridine rings is 1. The summed E-state index contributed by atoms with van der Waals surface area (Å²) >= 11 is 0. The third-order valence-electron chi connectivity index (χ3n) is 7.70. The first kappa shape index (κ1) is 22.4. The van der Waals surface area contributed by atoms with Gasteiger partial charge in [-0.1, -0.05) is 54.6 Å². The van der Waals surface area contributed by atoms with Crippen molar-refractivity contribution >= 4 is 0 Å². The highest BCUT2D eigenvalue weighted by Gasteiger charge is 2.37. The van der Waals surface area contributed by atoms with Crippen LogP contribution in [0.25, 0.3) is 0 Å². The van der Waals surface area contributed by atoms with Gasteiger partial charge in [0.05, 0.1) is 17.8 Å². The molecule has 1 aromatic carbocycles. The lowest BCUT2D eigenvalue weighted by molar-refractivity contribution is 0.0760. The average molecular weight is 466 g/mol. The largest absolute Gasteiger partial charge is 0.347 e. The molecule has 6 rings (SSSR count). The predicted octanol–water partition coefficient (Wildman–Crippen LogP) is 5.81. The third kappa shape index (κ3) is 5.16. The number of H-pyrrole nitrogens is 1. The van der Waals surface area contributed by atoms with Gasteiger partial charge in [0.25, 0.3) is 0 Å². The minimum Gasteiger partial charge on any atom is -0.347 e. The highest BCUT2D eigenvalue weighted by atomic mass is 15.2. The zero-order chi connectivity index (χ0) is 23.5. The topological polar surface area (TPSA) is 56.8 Å². The zero-order valence-electron chi connectivity index (χ0n) is 20.3. The molecule has 2 N–H and O–H groups in total. The molecule has 5 nitrogen and oxygen atoms in total. The van der Waals surface area contributed by atoms with Gasteiger partial charge in [0.15, 0.2) is 0 Å². The molecular formula is C30H35N5. The maximum absolute atomic E-state index is 4.92. The molecule has 0 radical (unpaired) electrons. The quantitative estimate of drug-likeness (QED) is 0.419. The first-order valence-corrected chi connectivity index (χ1v) is 13.2. The van der Waals surface area contributed by atoms with Gasteiger partial charge in [0.1, 0.15) is 5.82 Å². The van der Waals surface area contributed by atoms with E-state index in [9.17, 15) is 0 Å². The van der Waals surface area contributed by atoms with E-state index in [1.807, 2.05) is 18.6 Å². The number of benzene rings is 1. The SMILES string of the molecule is C1=CCC(C(c2ncc[nH]2)N(Cc2ccc(CNC3CC3)cc2)C2CCCc3cccnc32)C=C1. The number of allylic oxidation sites excluding steroid dienone is 3. The van der Waals surface area contributed by atoms with Crippen molar-refractivity contribution < 1.29 is 0 Å². The average Bonchev–Trinajstić information content (AvgIpc) is 3.60. The Morgan fingerprint density at radius 1 is 1.00 bits per heavy atom. The monoisotopic (exact) mass is 465 g/mol. The maximum Gasteiger partial charge on any atom is 0.124 e. The lowest BCUT2D eigenvalue weighted by Crippen LogP contribution is -2.38. The minimum atomic E-state index is 0.153. The summed E-state index contributed by atoms with van der Waals surface area (Å²) in [5.41, 5.74) is 5.35. The summed E-state index contributed by atoms with van der Waals surface area (Å²) in [4.78, 5) is 15.8. The summed E-state index contributed by atoms with van der Waals surface area (Å²) < 4.78 is 0.